The Hall–Kier alpha value is -1.62. The summed E-state index contributed by atoms with van der Waals surface area (Å²) in [5.74, 6) is 0. The number of nitrogens with zero attached hydrogens (tertiary/aromatic N) is 1. The first-order chi connectivity index (χ1) is 8.74. The number of hydrogen-bond acceptors (Lipinski definition) is 3. The van der Waals surface area contributed by atoms with Crippen molar-refractivity contribution in [2.24, 2.45) is 0 Å². The molecule has 0 aliphatic heterocycles. The minimum atomic E-state index is -0.700. The zero-order valence-electron chi connectivity index (χ0n) is 10.7. The number of aromatic nitrogens is 1. The second-order valence-corrected chi connectivity index (χ2v) is 4.14. The maximum atomic E-state index is 11.4. The standard InChI is InChI=1S/C13H21N3O2/c1-2-3-4-7-15-13(18)16-10-12(17)11-5-8-14-9-6-11/h5-6,8-9,12,17H,2-4,7,10H2,1H3,(H2,15,16,18). The zero-order chi connectivity index (χ0) is 13.2. The van der Waals surface area contributed by atoms with E-state index in [2.05, 4.69) is 22.5 Å². The Morgan fingerprint density at radius 2 is 2.06 bits per heavy atom. The Kier molecular flexibility index (Phi) is 6.79. The third-order valence-corrected chi connectivity index (χ3v) is 2.61. The fourth-order valence-electron chi connectivity index (χ4n) is 1.53. The molecule has 1 unspecified atom stereocenters. The highest BCUT2D eigenvalue weighted by molar-refractivity contribution is 5.73. The van der Waals surface area contributed by atoms with Crippen LogP contribution in [-0.4, -0.2) is 29.2 Å². The number of amides is 2. The molecule has 0 spiro atoms. The lowest BCUT2D eigenvalue weighted by atomic mass is 10.1. The van der Waals surface area contributed by atoms with Gasteiger partial charge in [0.05, 0.1) is 6.10 Å². The number of pyridine rings is 1. The average Bonchev–Trinajstić information content (AvgIpc) is 2.42. The Morgan fingerprint density at radius 1 is 1.33 bits per heavy atom. The van der Waals surface area contributed by atoms with Crippen molar-refractivity contribution in [1.82, 2.24) is 15.6 Å². The van der Waals surface area contributed by atoms with Crippen molar-refractivity contribution in [1.29, 1.82) is 0 Å². The molecule has 0 saturated heterocycles. The number of rotatable bonds is 7. The third-order valence-electron chi connectivity index (χ3n) is 2.61. The summed E-state index contributed by atoms with van der Waals surface area (Å²) in [6.45, 7) is 2.99. The Morgan fingerprint density at radius 3 is 2.72 bits per heavy atom. The SMILES string of the molecule is CCCCCNC(=O)NCC(O)c1ccncc1. The van der Waals surface area contributed by atoms with Crippen molar-refractivity contribution in [3.8, 4) is 0 Å². The number of carbonyl (C=O) groups is 1. The second kappa shape index (κ2) is 8.47. The van der Waals surface area contributed by atoms with E-state index < -0.39 is 6.10 Å². The van der Waals surface area contributed by atoms with E-state index in [0.29, 0.717) is 6.54 Å². The second-order valence-electron chi connectivity index (χ2n) is 4.14. The van der Waals surface area contributed by atoms with Crippen molar-refractivity contribution >= 4 is 6.03 Å². The summed E-state index contributed by atoms with van der Waals surface area (Å²) in [7, 11) is 0. The normalized spacial score (nSPS) is 11.9. The van der Waals surface area contributed by atoms with Crippen LogP contribution in [0.2, 0.25) is 0 Å². The van der Waals surface area contributed by atoms with Crippen molar-refractivity contribution in [2.75, 3.05) is 13.1 Å². The molecule has 1 aromatic rings. The van der Waals surface area contributed by atoms with Gasteiger partial charge in [0.25, 0.3) is 0 Å². The lowest BCUT2D eigenvalue weighted by Crippen LogP contribution is -2.38. The number of nitrogens with one attached hydrogen (secondary N) is 2. The Labute approximate surface area is 108 Å². The van der Waals surface area contributed by atoms with Crippen LogP contribution in [-0.2, 0) is 0 Å². The Balaban J connectivity index is 2.18. The maximum absolute atomic E-state index is 11.4. The highest BCUT2D eigenvalue weighted by Crippen LogP contribution is 2.09. The first-order valence-electron chi connectivity index (χ1n) is 6.33. The molecule has 1 heterocycles. The monoisotopic (exact) mass is 251 g/mol. The first-order valence-corrected chi connectivity index (χ1v) is 6.33. The molecule has 100 valence electrons. The van der Waals surface area contributed by atoms with Gasteiger partial charge in [0.1, 0.15) is 0 Å². The van der Waals surface area contributed by atoms with Crippen LogP contribution in [0, 0.1) is 0 Å². The molecule has 0 aliphatic rings. The van der Waals surface area contributed by atoms with E-state index in [1.165, 1.54) is 0 Å². The predicted octanol–water partition coefficient (Wildman–Crippen LogP) is 1.60. The fraction of sp³-hybridized carbons (Fsp3) is 0.538. The van der Waals surface area contributed by atoms with Crippen LogP contribution >= 0.6 is 0 Å². The number of urea groups is 1. The number of unbranched alkanes of at least 4 members (excludes halogenated alkanes) is 2. The van der Waals surface area contributed by atoms with E-state index in [1.807, 2.05) is 0 Å². The van der Waals surface area contributed by atoms with Gasteiger partial charge in [-0.1, -0.05) is 19.8 Å². The van der Waals surface area contributed by atoms with E-state index in [4.69, 9.17) is 0 Å². The van der Waals surface area contributed by atoms with E-state index >= 15 is 0 Å². The van der Waals surface area contributed by atoms with Gasteiger partial charge < -0.3 is 15.7 Å². The van der Waals surface area contributed by atoms with Crippen LogP contribution in [0.25, 0.3) is 0 Å². The summed E-state index contributed by atoms with van der Waals surface area (Å²) in [6.07, 6.45) is 5.75. The van der Waals surface area contributed by atoms with Crippen molar-refractivity contribution in [3.05, 3.63) is 30.1 Å². The molecule has 0 aliphatic carbocycles. The molecule has 5 heteroatoms. The summed E-state index contributed by atoms with van der Waals surface area (Å²) in [4.78, 5) is 15.3. The summed E-state index contributed by atoms with van der Waals surface area (Å²) in [5.41, 5.74) is 0.747. The molecule has 0 aromatic carbocycles. The minimum Gasteiger partial charge on any atom is -0.387 e. The zero-order valence-corrected chi connectivity index (χ0v) is 10.7. The van der Waals surface area contributed by atoms with Crippen LogP contribution in [0.15, 0.2) is 24.5 Å². The molecule has 0 bridgehead atoms. The van der Waals surface area contributed by atoms with Gasteiger partial charge in [-0.15, -0.1) is 0 Å². The number of hydrogen-bond donors (Lipinski definition) is 3. The summed E-state index contributed by atoms with van der Waals surface area (Å²) in [5, 5.41) is 15.2. The predicted molar refractivity (Wildman–Crippen MR) is 70.1 cm³/mol. The maximum Gasteiger partial charge on any atom is 0.314 e. The molecular weight excluding hydrogens is 230 g/mol. The van der Waals surface area contributed by atoms with Gasteiger partial charge in [0, 0.05) is 25.5 Å². The van der Waals surface area contributed by atoms with Gasteiger partial charge in [-0.05, 0) is 24.1 Å². The van der Waals surface area contributed by atoms with Gasteiger partial charge in [0.2, 0.25) is 0 Å². The first kappa shape index (κ1) is 14.4. The third kappa shape index (κ3) is 5.63. The van der Waals surface area contributed by atoms with E-state index in [1.54, 1.807) is 24.5 Å². The van der Waals surface area contributed by atoms with Gasteiger partial charge in [-0.3, -0.25) is 4.98 Å². The largest absolute Gasteiger partial charge is 0.387 e. The van der Waals surface area contributed by atoms with E-state index in [9.17, 15) is 9.90 Å². The molecule has 1 atom stereocenters. The molecule has 0 fully saturated rings. The highest BCUT2D eigenvalue weighted by Gasteiger charge is 2.08. The summed E-state index contributed by atoms with van der Waals surface area (Å²) >= 11 is 0. The van der Waals surface area contributed by atoms with Gasteiger partial charge in [-0.25, -0.2) is 4.79 Å². The van der Waals surface area contributed by atoms with Crippen molar-refractivity contribution in [3.63, 3.8) is 0 Å². The molecule has 1 rings (SSSR count). The topological polar surface area (TPSA) is 74.2 Å². The van der Waals surface area contributed by atoms with Gasteiger partial charge >= 0.3 is 6.03 Å². The van der Waals surface area contributed by atoms with Crippen molar-refractivity contribution in [2.45, 2.75) is 32.3 Å². The Bertz CT molecular complexity index is 343. The average molecular weight is 251 g/mol. The van der Waals surface area contributed by atoms with E-state index in [0.717, 1.165) is 24.8 Å². The molecule has 5 nitrogen and oxygen atoms in total. The number of carbonyl (C=O) groups excluding carboxylic acids is 1. The molecule has 2 amide bonds. The minimum absolute atomic E-state index is 0.198. The molecular formula is C13H21N3O2. The van der Waals surface area contributed by atoms with Crippen LogP contribution in [0.3, 0.4) is 0 Å². The van der Waals surface area contributed by atoms with E-state index in [-0.39, 0.29) is 12.6 Å². The molecule has 0 saturated carbocycles. The van der Waals surface area contributed by atoms with Crippen LogP contribution in [0.4, 0.5) is 4.79 Å². The van der Waals surface area contributed by atoms with Crippen molar-refractivity contribution < 1.29 is 9.90 Å². The highest BCUT2D eigenvalue weighted by atomic mass is 16.3. The summed E-state index contributed by atoms with van der Waals surface area (Å²) < 4.78 is 0. The number of aliphatic hydroxyl groups is 1. The molecule has 3 N–H and O–H groups in total. The molecule has 18 heavy (non-hydrogen) atoms. The number of aliphatic hydroxyl groups excluding tert-OH is 1. The molecule has 0 radical (unpaired) electrons. The quantitative estimate of drug-likeness (QED) is 0.644. The van der Waals surface area contributed by atoms with Crippen LogP contribution < -0.4 is 10.6 Å². The van der Waals surface area contributed by atoms with Crippen LogP contribution in [0.1, 0.15) is 37.9 Å². The van der Waals surface area contributed by atoms with Gasteiger partial charge in [0.15, 0.2) is 0 Å². The smallest absolute Gasteiger partial charge is 0.314 e. The lowest BCUT2D eigenvalue weighted by Gasteiger charge is -2.12. The fourth-order valence-corrected chi connectivity index (χ4v) is 1.53. The van der Waals surface area contributed by atoms with Gasteiger partial charge in [-0.2, -0.15) is 0 Å². The van der Waals surface area contributed by atoms with Crippen LogP contribution in [0.5, 0.6) is 0 Å². The lowest BCUT2D eigenvalue weighted by molar-refractivity contribution is 0.173. The summed E-state index contributed by atoms with van der Waals surface area (Å²) in [6, 6.07) is 3.22. The molecule has 1 aromatic heterocycles.